The number of hydrogen-bond donors (Lipinski definition) is 0. The molecule has 138 valence electrons. The first-order chi connectivity index (χ1) is 13.2. The molecule has 1 fully saturated rings. The van der Waals surface area contributed by atoms with E-state index in [1.807, 2.05) is 31.2 Å². The molecule has 1 amide bonds. The summed E-state index contributed by atoms with van der Waals surface area (Å²) in [7, 11) is 0. The number of carbonyl (C=O) groups excluding carboxylic acids is 1. The fraction of sp³-hybridized carbons (Fsp3) is 0.250. The molecule has 0 bridgehead atoms. The van der Waals surface area contributed by atoms with E-state index in [1.54, 1.807) is 23.1 Å². The van der Waals surface area contributed by atoms with Gasteiger partial charge in [0.25, 0.3) is 0 Å². The monoisotopic (exact) mass is 367 g/mol. The van der Waals surface area contributed by atoms with Crippen molar-refractivity contribution in [2.45, 2.75) is 19.3 Å². The van der Waals surface area contributed by atoms with Gasteiger partial charge in [0.2, 0.25) is 17.6 Å². The molecule has 6 nitrogen and oxygen atoms in total. The number of rotatable bonds is 5. The molecule has 1 aliphatic heterocycles. The maximum absolute atomic E-state index is 13.9. The molecule has 3 aromatic rings. The molecule has 7 heteroatoms. The predicted molar refractivity (Wildman–Crippen MR) is 97.0 cm³/mol. The van der Waals surface area contributed by atoms with Crippen LogP contribution < -0.4 is 9.64 Å². The molecule has 0 aliphatic carbocycles. The van der Waals surface area contributed by atoms with Crippen LogP contribution >= 0.6 is 0 Å². The van der Waals surface area contributed by atoms with Crippen LogP contribution in [0.4, 0.5) is 10.1 Å². The zero-order chi connectivity index (χ0) is 18.8. The summed E-state index contributed by atoms with van der Waals surface area (Å²) in [5, 5.41) is 3.87. The van der Waals surface area contributed by atoms with Gasteiger partial charge >= 0.3 is 0 Å². The molecule has 1 aliphatic rings. The molecule has 0 N–H and O–H groups in total. The number of amides is 1. The van der Waals surface area contributed by atoms with Gasteiger partial charge in [-0.2, -0.15) is 4.98 Å². The summed E-state index contributed by atoms with van der Waals surface area (Å²) in [5.41, 5.74) is 1.07. The number of benzene rings is 2. The standard InChI is InChI=1S/C20H18FN3O3/c1-2-26-15-9-7-14(8-10-15)24-12-13(11-18(24)25)20-22-19(23-27-20)16-5-3-4-6-17(16)21/h3-10,13H,2,11-12H2,1H3/t13-/m0/s1. The van der Waals surface area contributed by atoms with Gasteiger partial charge in [-0.1, -0.05) is 17.3 Å². The van der Waals surface area contributed by atoms with Gasteiger partial charge < -0.3 is 14.2 Å². The molecule has 4 rings (SSSR count). The van der Waals surface area contributed by atoms with Crippen molar-refractivity contribution in [3.63, 3.8) is 0 Å². The second kappa shape index (κ2) is 7.19. The van der Waals surface area contributed by atoms with Gasteiger partial charge in [-0.05, 0) is 43.3 Å². The average molecular weight is 367 g/mol. The van der Waals surface area contributed by atoms with Gasteiger partial charge in [-0.3, -0.25) is 4.79 Å². The lowest BCUT2D eigenvalue weighted by molar-refractivity contribution is -0.117. The van der Waals surface area contributed by atoms with Crippen molar-refractivity contribution in [2.24, 2.45) is 0 Å². The van der Waals surface area contributed by atoms with Gasteiger partial charge in [-0.25, -0.2) is 4.39 Å². The van der Waals surface area contributed by atoms with Crippen LogP contribution in [-0.4, -0.2) is 29.2 Å². The van der Waals surface area contributed by atoms with E-state index in [2.05, 4.69) is 10.1 Å². The van der Waals surface area contributed by atoms with E-state index in [9.17, 15) is 9.18 Å². The lowest BCUT2D eigenvalue weighted by Crippen LogP contribution is -2.24. The largest absolute Gasteiger partial charge is 0.494 e. The predicted octanol–water partition coefficient (Wildman–Crippen LogP) is 3.79. The lowest BCUT2D eigenvalue weighted by atomic mass is 10.1. The van der Waals surface area contributed by atoms with E-state index >= 15 is 0 Å². The Bertz CT molecular complexity index is 955. The number of anilines is 1. The highest BCUT2D eigenvalue weighted by Crippen LogP contribution is 2.33. The molecule has 2 heterocycles. The maximum atomic E-state index is 13.9. The highest BCUT2D eigenvalue weighted by molar-refractivity contribution is 5.96. The minimum absolute atomic E-state index is 0.0187. The zero-order valence-corrected chi connectivity index (χ0v) is 14.8. The third-order valence-electron chi connectivity index (χ3n) is 4.49. The fourth-order valence-electron chi connectivity index (χ4n) is 3.16. The Hall–Kier alpha value is -3.22. The summed E-state index contributed by atoms with van der Waals surface area (Å²) < 4.78 is 24.6. The summed E-state index contributed by atoms with van der Waals surface area (Å²) in [4.78, 5) is 18.4. The number of carbonyl (C=O) groups is 1. The van der Waals surface area contributed by atoms with Crippen molar-refractivity contribution < 1.29 is 18.4 Å². The molecule has 0 radical (unpaired) electrons. The van der Waals surface area contributed by atoms with Crippen molar-refractivity contribution in [2.75, 3.05) is 18.1 Å². The second-order valence-electron chi connectivity index (χ2n) is 6.27. The highest BCUT2D eigenvalue weighted by atomic mass is 19.1. The van der Waals surface area contributed by atoms with Crippen molar-refractivity contribution >= 4 is 11.6 Å². The van der Waals surface area contributed by atoms with Crippen molar-refractivity contribution in [1.29, 1.82) is 0 Å². The summed E-state index contributed by atoms with van der Waals surface area (Å²) >= 11 is 0. The number of halogens is 1. The van der Waals surface area contributed by atoms with Gasteiger partial charge in [-0.15, -0.1) is 0 Å². The van der Waals surface area contributed by atoms with Gasteiger partial charge in [0.05, 0.1) is 18.1 Å². The van der Waals surface area contributed by atoms with Gasteiger partial charge in [0, 0.05) is 18.7 Å². The van der Waals surface area contributed by atoms with Crippen molar-refractivity contribution in [1.82, 2.24) is 10.1 Å². The van der Waals surface area contributed by atoms with Crippen LogP contribution in [-0.2, 0) is 4.79 Å². The first-order valence-corrected chi connectivity index (χ1v) is 8.77. The summed E-state index contributed by atoms with van der Waals surface area (Å²) in [6.45, 7) is 2.94. The lowest BCUT2D eigenvalue weighted by Gasteiger charge is -2.16. The molecule has 2 aromatic carbocycles. The second-order valence-corrected chi connectivity index (χ2v) is 6.27. The SMILES string of the molecule is CCOc1ccc(N2C[C@@H](c3nc(-c4ccccc4F)no3)CC2=O)cc1. The first-order valence-electron chi connectivity index (χ1n) is 8.77. The Morgan fingerprint density at radius 3 is 2.74 bits per heavy atom. The quantitative estimate of drug-likeness (QED) is 0.686. The molecule has 1 atom stereocenters. The van der Waals surface area contributed by atoms with Gasteiger partial charge in [0.1, 0.15) is 11.6 Å². The van der Waals surface area contributed by atoms with Crippen LogP contribution in [0.2, 0.25) is 0 Å². The van der Waals surface area contributed by atoms with Crippen molar-refractivity contribution in [3.8, 4) is 17.1 Å². The van der Waals surface area contributed by atoms with Crippen LogP contribution in [0.5, 0.6) is 5.75 Å². The highest BCUT2D eigenvalue weighted by Gasteiger charge is 2.35. The molecular formula is C20H18FN3O3. The minimum atomic E-state index is -0.414. The summed E-state index contributed by atoms with van der Waals surface area (Å²) in [6, 6.07) is 13.6. The smallest absolute Gasteiger partial charge is 0.232 e. The number of hydrogen-bond acceptors (Lipinski definition) is 5. The third-order valence-corrected chi connectivity index (χ3v) is 4.49. The van der Waals surface area contributed by atoms with Crippen LogP contribution in [0, 0.1) is 5.82 Å². The summed E-state index contributed by atoms with van der Waals surface area (Å²) in [5.74, 6) is 0.635. The zero-order valence-electron chi connectivity index (χ0n) is 14.8. The minimum Gasteiger partial charge on any atom is -0.494 e. The van der Waals surface area contributed by atoms with E-state index in [0.29, 0.717) is 19.0 Å². The molecule has 0 unspecified atom stereocenters. The van der Waals surface area contributed by atoms with Crippen LogP contribution in [0.1, 0.15) is 25.2 Å². The van der Waals surface area contributed by atoms with E-state index < -0.39 is 5.82 Å². The van der Waals surface area contributed by atoms with Crippen LogP contribution in [0.25, 0.3) is 11.4 Å². The summed E-state index contributed by atoms with van der Waals surface area (Å²) in [6.07, 6.45) is 0.270. The molecule has 1 saturated heterocycles. The molecule has 0 saturated carbocycles. The van der Waals surface area contributed by atoms with E-state index in [4.69, 9.17) is 9.26 Å². The topological polar surface area (TPSA) is 68.5 Å². The maximum Gasteiger partial charge on any atom is 0.232 e. The molecule has 1 aromatic heterocycles. The number of ether oxygens (including phenoxy) is 1. The molecule has 0 spiro atoms. The van der Waals surface area contributed by atoms with E-state index in [-0.39, 0.29) is 29.6 Å². The Morgan fingerprint density at radius 2 is 2.00 bits per heavy atom. The molecule has 27 heavy (non-hydrogen) atoms. The Labute approximate surface area is 155 Å². The Kier molecular flexibility index (Phi) is 4.58. The fourth-order valence-corrected chi connectivity index (χ4v) is 3.16. The molecular weight excluding hydrogens is 349 g/mol. The van der Waals surface area contributed by atoms with E-state index in [1.165, 1.54) is 6.07 Å². The Morgan fingerprint density at radius 1 is 1.22 bits per heavy atom. The van der Waals surface area contributed by atoms with Gasteiger partial charge in [0.15, 0.2) is 0 Å². The Balaban J connectivity index is 1.52. The number of nitrogens with zero attached hydrogens (tertiary/aromatic N) is 3. The van der Waals surface area contributed by atoms with E-state index in [0.717, 1.165) is 11.4 Å². The van der Waals surface area contributed by atoms with Crippen molar-refractivity contribution in [3.05, 3.63) is 60.2 Å². The number of aromatic nitrogens is 2. The normalized spacial score (nSPS) is 16.7. The third kappa shape index (κ3) is 3.40. The first kappa shape index (κ1) is 17.2. The average Bonchev–Trinajstić information content (AvgIpc) is 3.30. The van der Waals surface area contributed by atoms with Crippen LogP contribution in [0.3, 0.4) is 0 Å². The van der Waals surface area contributed by atoms with Crippen LogP contribution in [0.15, 0.2) is 53.1 Å².